The maximum atomic E-state index is 11.8. The Hall–Kier alpha value is -2.55. The molecular formula is C14H17N3O3. The average Bonchev–Trinajstić information content (AvgIpc) is 2.37. The fraction of sp³-hybridized carbons (Fsp3) is 0.357. The standard InChI is InChI=1S/C14H17N3O3/c1-8(2)12(13(18)19)17-14(20)16-11-6-10(7-15)5-4-9(11)3/h4-6,8,12H,1-3H3,(H,18,19)(H2,16,17,20). The molecule has 1 unspecified atom stereocenters. The molecule has 0 aromatic heterocycles. The second kappa shape index (κ2) is 6.57. The van der Waals surface area contributed by atoms with Gasteiger partial charge in [0.1, 0.15) is 6.04 Å². The van der Waals surface area contributed by atoms with Gasteiger partial charge in [-0.1, -0.05) is 19.9 Å². The highest BCUT2D eigenvalue weighted by Crippen LogP contribution is 2.16. The van der Waals surface area contributed by atoms with E-state index >= 15 is 0 Å². The number of anilines is 1. The van der Waals surface area contributed by atoms with E-state index in [1.54, 1.807) is 39.0 Å². The van der Waals surface area contributed by atoms with Crippen molar-refractivity contribution in [1.82, 2.24) is 5.32 Å². The highest BCUT2D eigenvalue weighted by atomic mass is 16.4. The summed E-state index contributed by atoms with van der Waals surface area (Å²) in [6.07, 6.45) is 0. The maximum Gasteiger partial charge on any atom is 0.326 e. The molecule has 0 radical (unpaired) electrons. The van der Waals surface area contributed by atoms with E-state index in [9.17, 15) is 9.59 Å². The van der Waals surface area contributed by atoms with Gasteiger partial charge in [0.2, 0.25) is 0 Å². The van der Waals surface area contributed by atoms with E-state index < -0.39 is 18.0 Å². The molecule has 3 N–H and O–H groups in total. The molecule has 6 heteroatoms. The third kappa shape index (κ3) is 3.99. The molecule has 1 aromatic rings. The number of nitrogens with zero attached hydrogens (tertiary/aromatic N) is 1. The molecule has 20 heavy (non-hydrogen) atoms. The predicted molar refractivity (Wildman–Crippen MR) is 74.3 cm³/mol. The van der Waals surface area contributed by atoms with Gasteiger partial charge >= 0.3 is 12.0 Å². The number of carbonyl (C=O) groups excluding carboxylic acids is 1. The van der Waals surface area contributed by atoms with Crippen LogP contribution in [0.25, 0.3) is 0 Å². The van der Waals surface area contributed by atoms with Crippen molar-refractivity contribution in [1.29, 1.82) is 5.26 Å². The summed E-state index contributed by atoms with van der Waals surface area (Å²) in [7, 11) is 0. The maximum absolute atomic E-state index is 11.8. The summed E-state index contributed by atoms with van der Waals surface area (Å²) in [4.78, 5) is 22.8. The molecular weight excluding hydrogens is 258 g/mol. The first-order valence-electron chi connectivity index (χ1n) is 6.16. The van der Waals surface area contributed by atoms with Crippen LogP contribution in [0.5, 0.6) is 0 Å². The van der Waals surface area contributed by atoms with Gasteiger partial charge < -0.3 is 15.7 Å². The van der Waals surface area contributed by atoms with Crippen molar-refractivity contribution in [3.8, 4) is 6.07 Å². The second-order valence-electron chi connectivity index (χ2n) is 4.80. The average molecular weight is 275 g/mol. The zero-order valence-electron chi connectivity index (χ0n) is 11.6. The van der Waals surface area contributed by atoms with Gasteiger partial charge in [0, 0.05) is 5.69 Å². The smallest absolute Gasteiger partial charge is 0.326 e. The van der Waals surface area contributed by atoms with Crippen molar-refractivity contribution in [3.63, 3.8) is 0 Å². The Morgan fingerprint density at radius 3 is 2.50 bits per heavy atom. The summed E-state index contributed by atoms with van der Waals surface area (Å²) in [5.41, 5.74) is 1.69. The normalized spacial score (nSPS) is 11.6. The number of carboxylic acids is 1. The number of rotatable bonds is 4. The quantitative estimate of drug-likeness (QED) is 0.783. The van der Waals surface area contributed by atoms with Crippen LogP contribution in [0.4, 0.5) is 10.5 Å². The number of nitrogens with one attached hydrogen (secondary N) is 2. The number of aliphatic carboxylic acids is 1. The first-order chi connectivity index (χ1) is 9.35. The van der Waals surface area contributed by atoms with Crippen LogP contribution in [-0.4, -0.2) is 23.1 Å². The Kier molecular flexibility index (Phi) is 5.09. The Balaban J connectivity index is 2.81. The Labute approximate surface area is 117 Å². The second-order valence-corrected chi connectivity index (χ2v) is 4.80. The van der Waals surface area contributed by atoms with E-state index in [0.29, 0.717) is 11.3 Å². The molecule has 0 aliphatic rings. The number of hydrogen-bond acceptors (Lipinski definition) is 3. The molecule has 0 saturated carbocycles. The van der Waals surface area contributed by atoms with Crippen LogP contribution >= 0.6 is 0 Å². The largest absolute Gasteiger partial charge is 0.480 e. The lowest BCUT2D eigenvalue weighted by Gasteiger charge is -2.18. The highest BCUT2D eigenvalue weighted by Gasteiger charge is 2.23. The van der Waals surface area contributed by atoms with Crippen molar-refractivity contribution < 1.29 is 14.7 Å². The fourth-order valence-corrected chi connectivity index (χ4v) is 1.64. The third-order valence-corrected chi connectivity index (χ3v) is 2.83. The minimum atomic E-state index is -1.09. The van der Waals surface area contributed by atoms with Crippen molar-refractivity contribution in [2.45, 2.75) is 26.8 Å². The van der Waals surface area contributed by atoms with Crippen molar-refractivity contribution in [2.24, 2.45) is 5.92 Å². The summed E-state index contributed by atoms with van der Waals surface area (Å²) in [6, 6.07) is 5.31. The van der Waals surface area contributed by atoms with Crippen LogP contribution in [0, 0.1) is 24.2 Å². The highest BCUT2D eigenvalue weighted by molar-refractivity contribution is 5.93. The number of benzene rings is 1. The first kappa shape index (κ1) is 15.5. The molecule has 0 heterocycles. The fourth-order valence-electron chi connectivity index (χ4n) is 1.64. The van der Waals surface area contributed by atoms with Crippen LogP contribution in [0.15, 0.2) is 18.2 Å². The van der Waals surface area contributed by atoms with Gasteiger partial charge in [-0.25, -0.2) is 9.59 Å². The van der Waals surface area contributed by atoms with Gasteiger partial charge in [-0.2, -0.15) is 5.26 Å². The van der Waals surface area contributed by atoms with Gasteiger partial charge in [0.05, 0.1) is 11.6 Å². The number of nitriles is 1. The molecule has 6 nitrogen and oxygen atoms in total. The summed E-state index contributed by atoms with van der Waals surface area (Å²) in [5, 5.41) is 22.8. The van der Waals surface area contributed by atoms with E-state index in [-0.39, 0.29) is 5.92 Å². The van der Waals surface area contributed by atoms with Gasteiger partial charge in [0.25, 0.3) is 0 Å². The van der Waals surface area contributed by atoms with Crippen molar-refractivity contribution in [2.75, 3.05) is 5.32 Å². The molecule has 1 aromatic carbocycles. The lowest BCUT2D eigenvalue weighted by Crippen LogP contribution is -2.46. The van der Waals surface area contributed by atoms with Crippen LogP contribution in [0.3, 0.4) is 0 Å². The van der Waals surface area contributed by atoms with E-state index in [0.717, 1.165) is 5.56 Å². The lowest BCUT2D eigenvalue weighted by molar-refractivity contribution is -0.140. The Bertz CT molecular complexity index is 561. The molecule has 0 bridgehead atoms. The minimum Gasteiger partial charge on any atom is -0.480 e. The zero-order chi connectivity index (χ0) is 15.3. The number of hydrogen-bond donors (Lipinski definition) is 3. The third-order valence-electron chi connectivity index (χ3n) is 2.83. The molecule has 106 valence electrons. The molecule has 1 rings (SSSR count). The van der Waals surface area contributed by atoms with Crippen LogP contribution < -0.4 is 10.6 Å². The summed E-state index contributed by atoms with van der Waals surface area (Å²) < 4.78 is 0. The van der Waals surface area contributed by atoms with Crippen molar-refractivity contribution in [3.05, 3.63) is 29.3 Å². The molecule has 0 spiro atoms. The molecule has 0 aliphatic heterocycles. The van der Waals surface area contributed by atoms with Gasteiger partial charge in [-0.15, -0.1) is 0 Å². The van der Waals surface area contributed by atoms with Crippen LogP contribution in [-0.2, 0) is 4.79 Å². The monoisotopic (exact) mass is 275 g/mol. The molecule has 1 atom stereocenters. The molecule has 0 aliphatic carbocycles. The van der Waals surface area contributed by atoms with E-state index in [1.165, 1.54) is 0 Å². The predicted octanol–water partition coefficient (Wildman–Crippen LogP) is 2.10. The summed E-state index contributed by atoms with van der Waals surface area (Å²) >= 11 is 0. The van der Waals surface area contributed by atoms with E-state index in [4.69, 9.17) is 10.4 Å². The summed E-state index contributed by atoms with van der Waals surface area (Å²) in [5.74, 6) is -1.32. The van der Waals surface area contributed by atoms with Gasteiger partial charge in [0.15, 0.2) is 0 Å². The van der Waals surface area contributed by atoms with E-state index in [1.807, 2.05) is 6.07 Å². The van der Waals surface area contributed by atoms with Gasteiger partial charge in [-0.3, -0.25) is 0 Å². The number of carbonyl (C=O) groups is 2. The number of urea groups is 1. The number of aryl methyl sites for hydroxylation is 1. The number of amides is 2. The minimum absolute atomic E-state index is 0.232. The lowest BCUT2D eigenvalue weighted by atomic mass is 10.1. The molecule has 2 amide bonds. The Morgan fingerprint density at radius 2 is 2.00 bits per heavy atom. The zero-order valence-corrected chi connectivity index (χ0v) is 11.6. The Morgan fingerprint density at radius 1 is 1.35 bits per heavy atom. The van der Waals surface area contributed by atoms with E-state index in [2.05, 4.69) is 10.6 Å². The van der Waals surface area contributed by atoms with Crippen LogP contribution in [0.1, 0.15) is 25.0 Å². The van der Waals surface area contributed by atoms with Crippen LogP contribution in [0.2, 0.25) is 0 Å². The topological polar surface area (TPSA) is 102 Å². The molecule has 0 saturated heterocycles. The SMILES string of the molecule is Cc1ccc(C#N)cc1NC(=O)NC(C(=O)O)C(C)C. The van der Waals surface area contributed by atoms with Crippen molar-refractivity contribution >= 4 is 17.7 Å². The number of carboxylic acid groups (broad SMARTS) is 1. The molecule has 0 fully saturated rings. The summed E-state index contributed by atoms with van der Waals surface area (Å²) in [6.45, 7) is 5.20. The van der Waals surface area contributed by atoms with Gasteiger partial charge in [-0.05, 0) is 30.5 Å². The first-order valence-corrected chi connectivity index (χ1v) is 6.16.